The van der Waals surface area contributed by atoms with Crippen molar-refractivity contribution in [2.75, 3.05) is 13.1 Å². The maximum absolute atomic E-state index is 14.0. The van der Waals surface area contributed by atoms with E-state index in [9.17, 15) is 14.0 Å². The van der Waals surface area contributed by atoms with Crippen LogP contribution in [0.3, 0.4) is 0 Å². The standard InChI is InChI=1S/C16H14FNO5/c17-16(15(20)21)8-9-18(10-16)14(19)12-6-7-13(23-12)22-11-4-2-1-3-5-11/h1-7H,8-10H2,(H,20,21). The number of benzene rings is 1. The number of aliphatic carboxylic acids is 1. The predicted molar refractivity (Wildman–Crippen MR) is 77.2 cm³/mol. The Bertz CT molecular complexity index is 729. The summed E-state index contributed by atoms with van der Waals surface area (Å²) < 4.78 is 24.8. The van der Waals surface area contributed by atoms with Gasteiger partial charge in [-0.1, -0.05) is 18.2 Å². The third-order valence-electron chi connectivity index (χ3n) is 3.64. The number of alkyl halides is 1. The van der Waals surface area contributed by atoms with E-state index in [2.05, 4.69) is 0 Å². The van der Waals surface area contributed by atoms with E-state index < -0.39 is 24.1 Å². The zero-order valence-corrected chi connectivity index (χ0v) is 12.1. The van der Waals surface area contributed by atoms with Gasteiger partial charge in [0.2, 0.25) is 5.67 Å². The fourth-order valence-corrected chi connectivity index (χ4v) is 2.37. The van der Waals surface area contributed by atoms with Crippen LogP contribution in [0, 0.1) is 0 Å². The van der Waals surface area contributed by atoms with Crippen molar-refractivity contribution >= 4 is 11.9 Å². The average Bonchev–Trinajstić information content (AvgIpc) is 3.15. The van der Waals surface area contributed by atoms with Crippen molar-refractivity contribution in [3.63, 3.8) is 0 Å². The topological polar surface area (TPSA) is 80.0 Å². The number of ether oxygens (including phenoxy) is 1. The highest BCUT2D eigenvalue weighted by molar-refractivity contribution is 5.93. The number of carboxylic acid groups (broad SMARTS) is 1. The molecule has 0 radical (unpaired) electrons. The minimum Gasteiger partial charge on any atom is -0.479 e. The first kappa shape index (κ1) is 15.1. The molecular weight excluding hydrogens is 305 g/mol. The minimum atomic E-state index is -2.40. The van der Waals surface area contributed by atoms with E-state index in [1.807, 2.05) is 6.07 Å². The quantitative estimate of drug-likeness (QED) is 0.937. The second-order valence-electron chi connectivity index (χ2n) is 5.28. The summed E-state index contributed by atoms with van der Waals surface area (Å²) in [6, 6.07) is 11.8. The lowest BCUT2D eigenvalue weighted by Crippen LogP contribution is -2.38. The molecule has 23 heavy (non-hydrogen) atoms. The van der Waals surface area contributed by atoms with Crippen LogP contribution in [-0.2, 0) is 4.79 Å². The van der Waals surface area contributed by atoms with Gasteiger partial charge in [0.05, 0.1) is 6.54 Å². The lowest BCUT2D eigenvalue weighted by molar-refractivity contribution is -0.149. The fraction of sp³-hybridized carbons (Fsp3) is 0.250. The molecule has 2 heterocycles. The monoisotopic (exact) mass is 319 g/mol. The van der Waals surface area contributed by atoms with E-state index in [4.69, 9.17) is 14.3 Å². The van der Waals surface area contributed by atoms with Crippen molar-refractivity contribution in [2.45, 2.75) is 12.1 Å². The Kier molecular flexibility index (Phi) is 3.77. The van der Waals surface area contributed by atoms with E-state index in [1.54, 1.807) is 24.3 Å². The molecule has 1 fully saturated rings. The molecule has 1 aromatic carbocycles. The third kappa shape index (κ3) is 3.03. The second kappa shape index (κ2) is 5.75. The molecule has 1 aliphatic heterocycles. The van der Waals surface area contributed by atoms with Crippen LogP contribution in [0.15, 0.2) is 46.9 Å². The van der Waals surface area contributed by atoms with Crippen molar-refractivity contribution in [3.05, 3.63) is 48.2 Å². The van der Waals surface area contributed by atoms with E-state index in [-0.39, 0.29) is 24.7 Å². The van der Waals surface area contributed by atoms with Crippen molar-refractivity contribution in [1.82, 2.24) is 4.90 Å². The number of furan rings is 1. The fourth-order valence-electron chi connectivity index (χ4n) is 2.37. The molecule has 6 nitrogen and oxygen atoms in total. The summed E-state index contributed by atoms with van der Waals surface area (Å²) in [6.07, 6.45) is -0.234. The van der Waals surface area contributed by atoms with E-state index in [1.165, 1.54) is 12.1 Å². The number of carbonyl (C=O) groups excluding carboxylic acids is 1. The first-order valence-corrected chi connectivity index (χ1v) is 7.02. The van der Waals surface area contributed by atoms with E-state index in [0.29, 0.717) is 5.75 Å². The van der Waals surface area contributed by atoms with Gasteiger partial charge in [0.1, 0.15) is 5.75 Å². The van der Waals surface area contributed by atoms with Crippen LogP contribution in [0.4, 0.5) is 4.39 Å². The number of rotatable bonds is 4. The minimum absolute atomic E-state index is 0.0226. The van der Waals surface area contributed by atoms with Crippen LogP contribution in [0.5, 0.6) is 11.7 Å². The highest BCUT2D eigenvalue weighted by Crippen LogP contribution is 2.29. The number of carbonyl (C=O) groups is 2. The highest BCUT2D eigenvalue weighted by atomic mass is 19.1. The lowest BCUT2D eigenvalue weighted by atomic mass is 10.1. The number of hydrogen-bond donors (Lipinski definition) is 1. The molecule has 0 aliphatic carbocycles. The molecular formula is C16H14FNO5. The van der Waals surface area contributed by atoms with E-state index >= 15 is 0 Å². The molecule has 1 aromatic heterocycles. The molecule has 1 aliphatic rings. The van der Waals surface area contributed by atoms with Crippen LogP contribution in [0.2, 0.25) is 0 Å². The van der Waals surface area contributed by atoms with Crippen LogP contribution in [-0.4, -0.2) is 40.6 Å². The van der Waals surface area contributed by atoms with Gasteiger partial charge in [0.15, 0.2) is 5.76 Å². The summed E-state index contributed by atoms with van der Waals surface area (Å²) in [4.78, 5) is 24.2. The Morgan fingerprint density at radius 3 is 2.61 bits per heavy atom. The third-order valence-corrected chi connectivity index (χ3v) is 3.64. The maximum Gasteiger partial charge on any atom is 0.343 e. The van der Waals surface area contributed by atoms with Gasteiger partial charge in [-0.05, 0) is 18.2 Å². The average molecular weight is 319 g/mol. The first-order valence-electron chi connectivity index (χ1n) is 7.02. The molecule has 0 saturated carbocycles. The van der Waals surface area contributed by atoms with Gasteiger partial charge in [-0.2, -0.15) is 0 Å². The van der Waals surface area contributed by atoms with Crippen LogP contribution in [0.1, 0.15) is 17.0 Å². The van der Waals surface area contributed by atoms with Gasteiger partial charge < -0.3 is 19.2 Å². The molecule has 120 valence electrons. The van der Waals surface area contributed by atoms with Crippen LogP contribution < -0.4 is 4.74 Å². The number of carboxylic acids is 1. The Hall–Kier alpha value is -2.83. The lowest BCUT2D eigenvalue weighted by Gasteiger charge is -2.16. The summed E-state index contributed by atoms with van der Waals surface area (Å²) in [5, 5.41) is 8.85. The van der Waals surface area contributed by atoms with Gasteiger partial charge in [0, 0.05) is 19.0 Å². The number of para-hydroxylation sites is 1. The summed E-state index contributed by atoms with van der Waals surface area (Å²) in [5.74, 6) is -1.46. The van der Waals surface area contributed by atoms with Crippen molar-refractivity contribution in [3.8, 4) is 11.7 Å². The molecule has 3 rings (SSSR count). The Morgan fingerprint density at radius 2 is 1.96 bits per heavy atom. The Morgan fingerprint density at radius 1 is 1.22 bits per heavy atom. The zero-order chi connectivity index (χ0) is 16.4. The zero-order valence-electron chi connectivity index (χ0n) is 12.1. The molecule has 1 unspecified atom stereocenters. The highest BCUT2D eigenvalue weighted by Gasteiger charge is 2.47. The number of likely N-dealkylation sites (tertiary alicyclic amines) is 1. The molecule has 0 spiro atoms. The summed E-state index contributed by atoms with van der Waals surface area (Å²) in [6.45, 7) is -0.464. The summed E-state index contributed by atoms with van der Waals surface area (Å²) >= 11 is 0. The molecule has 1 atom stereocenters. The van der Waals surface area contributed by atoms with Gasteiger partial charge >= 0.3 is 5.97 Å². The number of amides is 1. The number of nitrogens with zero attached hydrogens (tertiary/aromatic N) is 1. The number of hydrogen-bond acceptors (Lipinski definition) is 4. The number of halogens is 1. The van der Waals surface area contributed by atoms with Gasteiger partial charge in [-0.3, -0.25) is 4.79 Å². The normalized spacial score (nSPS) is 20.5. The van der Waals surface area contributed by atoms with Crippen molar-refractivity contribution < 1.29 is 28.2 Å². The smallest absolute Gasteiger partial charge is 0.343 e. The molecule has 0 bridgehead atoms. The second-order valence-corrected chi connectivity index (χ2v) is 5.28. The Labute approximate surface area is 131 Å². The van der Waals surface area contributed by atoms with Crippen LogP contribution in [0.25, 0.3) is 0 Å². The van der Waals surface area contributed by atoms with Crippen molar-refractivity contribution in [2.24, 2.45) is 0 Å². The first-order chi connectivity index (χ1) is 11.0. The Balaban J connectivity index is 1.69. The summed E-state index contributed by atoms with van der Waals surface area (Å²) in [5.41, 5.74) is -2.40. The van der Waals surface area contributed by atoms with Crippen LogP contribution >= 0.6 is 0 Å². The molecule has 1 amide bonds. The van der Waals surface area contributed by atoms with E-state index in [0.717, 1.165) is 4.90 Å². The van der Waals surface area contributed by atoms with Gasteiger partial charge in [-0.25, -0.2) is 9.18 Å². The largest absolute Gasteiger partial charge is 0.479 e. The molecule has 1 saturated heterocycles. The van der Waals surface area contributed by atoms with Gasteiger partial charge in [-0.15, -0.1) is 0 Å². The molecule has 2 aromatic rings. The van der Waals surface area contributed by atoms with Gasteiger partial charge in [0.25, 0.3) is 11.9 Å². The maximum atomic E-state index is 14.0. The molecule has 1 N–H and O–H groups in total. The molecule has 7 heteroatoms. The predicted octanol–water partition coefficient (Wildman–Crippen LogP) is 2.71. The summed E-state index contributed by atoms with van der Waals surface area (Å²) in [7, 11) is 0. The SMILES string of the molecule is O=C(c1ccc(Oc2ccccc2)o1)N1CCC(F)(C(=O)O)C1. The van der Waals surface area contributed by atoms with Crippen molar-refractivity contribution in [1.29, 1.82) is 0 Å².